The number of amides is 1. The third kappa shape index (κ3) is 5.65. The molecule has 29 heavy (non-hydrogen) atoms. The summed E-state index contributed by atoms with van der Waals surface area (Å²) in [5.74, 6) is 0.0887. The highest BCUT2D eigenvalue weighted by molar-refractivity contribution is 6.31. The Bertz CT molecular complexity index is 988. The molecule has 0 radical (unpaired) electrons. The Morgan fingerprint density at radius 2 is 1.83 bits per heavy atom. The van der Waals surface area contributed by atoms with Crippen LogP contribution in [0.4, 0.5) is 11.4 Å². The smallest absolute Gasteiger partial charge is 0.259 e. The minimum atomic E-state index is -0.442. The zero-order chi connectivity index (χ0) is 20.8. The van der Waals surface area contributed by atoms with E-state index < -0.39 is 5.91 Å². The van der Waals surface area contributed by atoms with Crippen LogP contribution in [0.15, 0.2) is 66.7 Å². The van der Waals surface area contributed by atoms with Gasteiger partial charge in [-0.3, -0.25) is 4.79 Å². The number of carbonyl (C=O) groups excluding carboxylic acids is 1. The van der Waals surface area contributed by atoms with Gasteiger partial charge < -0.3 is 20.1 Å². The molecule has 1 amide bonds. The molecule has 0 saturated heterocycles. The van der Waals surface area contributed by atoms with E-state index in [1.807, 2.05) is 20.2 Å². The second kappa shape index (κ2) is 9.34. The van der Waals surface area contributed by atoms with E-state index in [9.17, 15) is 9.90 Å². The number of carbonyl (C=O) groups is 1. The number of rotatable bonds is 7. The molecule has 0 aliphatic rings. The summed E-state index contributed by atoms with van der Waals surface area (Å²) in [5, 5.41) is 13.0. The first-order chi connectivity index (χ1) is 13.9. The Morgan fingerprint density at radius 1 is 1.07 bits per heavy atom. The van der Waals surface area contributed by atoms with Crippen LogP contribution in [0.3, 0.4) is 0 Å². The predicted molar refractivity (Wildman–Crippen MR) is 117 cm³/mol. The van der Waals surface area contributed by atoms with Gasteiger partial charge >= 0.3 is 0 Å². The molecule has 0 bridgehead atoms. The Labute approximate surface area is 175 Å². The Kier molecular flexibility index (Phi) is 6.62. The molecule has 0 heterocycles. The number of halogens is 1. The quantitative estimate of drug-likeness (QED) is 0.576. The van der Waals surface area contributed by atoms with Crippen LogP contribution in [0.5, 0.6) is 11.5 Å². The first-order valence-electron chi connectivity index (χ1n) is 9.21. The van der Waals surface area contributed by atoms with Crippen LogP contribution in [-0.4, -0.2) is 31.7 Å². The van der Waals surface area contributed by atoms with Crippen LogP contribution in [0.1, 0.15) is 15.9 Å². The normalized spacial score (nSPS) is 10.4. The minimum absolute atomic E-state index is 0.116. The summed E-state index contributed by atoms with van der Waals surface area (Å²) in [4.78, 5) is 14.5. The van der Waals surface area contributed by atoms with E-state index in [1.54, 1.807) is 18.2 Å². The molecule has 0 atom stereocenters. The van der Waals surface area contributed by atoms with Gasteiger partial charge in [-0.05, 0) is 48.0 Å². The van der Waals surface area contributed by atoms with Crippen molar-refractivity contribution in [1.29, 1.82) is 0 Å². The fourth-order valence-electron chi connectivity index (χ4n) is 2.80. The molecule has 2 N–H and O–H groups in total. The van der Waals surface area contributed by atoms with Gasteiger partial charge in [0, 0.05) is 43.0 Å². The van der Waals surface area contributed by atoms with Crippen LogP contribution in [0.2, 0.25) is 5.02 Å². The first kappa shape index (κ1) is 20.6. The van der Waals surface area contributed by atoms with Crippen LogP contribution in [-0.2, 0) is 6.42 Å². The molecule has 0 aliphatic heterocycles. The average molecular weight is 411 g/mol. The second-order valence-corrected chi connectivity index (χ2v) is 7.24. The van der Waals surface area contributed by atoms with E-state index in [2.05, 4.69) is 34.5 Å². The van der Waals surface area contributed by atoms with Crippen molar-refractivity contribution in [3.8, 4) is 11.5 Å². The maximum absolute atomic E-state index is 12.4. The maximum Gasteiger partial charge on any atom is 0.259 e. The summed E-state index contributed by atoms with van der Waals surface area (Å²) >= 11 is 5.91. The summed E-state index contributed by atoms with van der Waals surface area (Å²) in [7, 11) is 4.02. The van der Waals surface area contributed by atoms with Gasteiger partial charge in [0.2, 0.25) is 0 Å². The van der Waals surface area contributed by atoms with E-state index in [0.29, 0.717) is 23.1 Å². The monoisotopic (exact) mass is 410 g/mol. The SMILES string of the molecule is CN(C)c1ccc(CCOc2cccc(NC(=O)c3cc(Cl)ccc3O)c2)cc1. The van der Waals surface area contributed by atoms with E-state index >= 15 is 0 Å². The van der Waals surface area contributed by atoms with E-state index in [0.717, 1.165) is 12.1 Å². The molecule has 3 aromatic carbocycles. The first-order valence-corrected chi connectivity index (χ1v) is 9.59. The zero-order valence-electron chi connectivity index (χ0n) is 16.4. The van der Waals surface area contributed by atoms with Crippen LogP contribution in [0, 0.1) is 0 Å². The van der Waals surface area contributed by atoms with Gasteiger partial charge in [0.1, 0.15) is 11.5 Å². The molecule has 0 aromatic heterocycles. The molecule has 5 nitrogen and oxygen atoms in total. The van der Waals surface area contributed by atoms with Gasteiger partial charge in [0.25, 0.3) is 5.91 Å². The molecule has 3 aromatic rings. The third-order valence-electron chi connectivity index (χ3n) is 4.41. The van der Waals surface area contributed by atoms with Crippen molar-refractivity contribution in [2.24, 2.45) is 0 Å². The van der Waals surface area contributed by atoms with E-state index in [1.165, 1.54) is 23.8 Å². The van der Waals surface area contributed by atoms with Gasteiger partial charge in [-0.2, -0.15) is 0 Å². The van der Waals surface area contributed by atoms with Gasteiger partial charge in [0.05, 0.1) is 12.2 Å². The number of ether oxygens (including phenoxy) is 1. The number of hydrogen-bond donors (Lipinski definition) is 2. The Morgan fingerprint density at radius 3 is 2.55 bits per heavy atom. The molecular weight excluding hydrogens is 388 g/mol. The highest BCUT2D eigenvalue weighted by Crippen LogP contribution is 2.24. The lowest BCUT2D eigenvalue weighted by atomic mass is 10.1. The molecule has 0 spiro atoms. The van der Waals surface area contributed by atoms with E-state index in [-0.39, 0.29) is 11.3 Å². The highest BCUT2D eigenvalue weighted by Gasteiger charge is 2.12. The molecule has 0 fully saturated rings. The van der Waals surface area contributed by atoms with Gasteiger partial charge in [-0.1, -0.05) is 29.8 Å². The number of benzene rings is 3. The predicted octanol–water partition coefficient (Wildman–Crippen LogP) is 4.99. The maximum atomic E-state index is 12.4. The number of hydrogen-bond acceptors (Lipinski definition) is 4. The molecule has 3 rings (SSSR count). The topological polar surface area (TPSA) is 61.8 Å². The minimum Gasteiger partial charge on any atom is -0.507 e. The second-order valence-electron chi connectivity index (χ2n) is 6.80. The lowest BCUT2D eigenvalue weighted by Crippen LogP contribution is -2.12. The third-order valence-corrected chi connectivity index (χ3v) is 4.64. The van der Waals surface area contributed by atoms with Crippen molar-refractivity contribution >= 4 is 28.9 Å². The molecule has 150 valence electrons. The molecule has 0 aliphatic carbocycles. The average Bonchev–Trinajstić information content (AvgIpc) is 2.70. The lowest BCUT2D eigenvalue weighted by molar-refractivity contribution is 0.102. The fourth-order valence-corrected chi connectivity index (χ4v) is 2.97. The number of nitrogens with zero attached hydrogens (tertiary/aromatic N) is 1. The highest BCUT2D eigenvalue weighted by atomic mass is 35.5. The van der Waals surface area contributed by atoms with Crippen LogP contribution >= 0.6 is 11.6 Å². The van der Waals surface area contributed by atoms with Crippen molar-refractivity contribution in [3.05, 3.63) is 82.9 Å². The summed E-state index contributed by atoms with van der Waals surface area (Å²) in [6.07, 6.45) is 0.778. The lowest BCUT2D eigenvalue weighted by Gasteiger charge is -2.13. The molecule has 6 heteroatoms. The Hall–Kier alpha value is -3.18. The van der Waals surface area contributed by atoms with Gasteiger partial charge in [-0.15, -0.1) is 0 Å². The molecular formula is C23H23ClN2O3. The number of phenols is 1. The summed E-state index contributed by atoms with van der Waals surface area (Å²) < 4.78 is 5.83. The van der Waals surface area contributed by atoms with Crippen molar-refractivity contribution in [2.45, 2.75) is 6.42 Å². The zero-order valence-corrected chi connectivity index (χ0v) is 17.1. The number of phenolic OH excluding ortho intramolecular Hbond substituents is 1. The van der Waals surface area contributed by atoms with Crippen LogP contribution in [0.25, 0.3) is 0 Å². The Balaban J connectivity index is 1.58. The molecule has 0 unspecified atom stereocenters. The summed E-state index contributed by atoms with van der Waals surface area (Å²) in [6.45, 7) is 0.522. The summed E-state index contributed by atoms with van der Waals surface area (Å²) in [6, 6.07) is 19.8. The van der Waals surface area contributed by atoms with Crippen molar-refractivity contribution in [1.82, 2.24) is 0 Å². The standard InChI is InChI=1S/C23H23ClN2O3/c1-26(2)19-9-6-16(7-10-19)12-13-29-20-5-3-4-18(15-20)25-23(28)21-14-17(24)8-11-22(21)27/h3-11,14-15,27H,12-13H2,1-2H3,(H,25,28). The van der Waals surface area contributed by atoms with Crippen molar-refractivity contribution < 1.29 is 14.6 Å². The van der Waals surface area contributed by atoms with Crippen molar-refractivity contribution in [2.75, 3.05) is 30.9 Å². The number of anilines is 2. The van der Waals surface area contributed by atoms with Gasteiger partial charge in [-0.25, -0.2) is 0 Å². The van der Waals surface area contributed by atoms with Crippen LogP contribution < -0.4 is 15.0 Å². The number of aromatic hydroxyl groups is 1. The van der Waals surface area contributed by atoms with Crippen molar-refractivity contribution in [3.63, 3.8) is 0 Å². The van der Waals surface area contributed by atoms with Gasteiger partial charge in [0.15, 0.2) is 0 Å². The summed E-state index contributed by atoms with van der Waals surface area (Å²) in [5.41, 5.74) is 3.03. The number of nitrogens with one attached hydrogen (secondary N) is 1. The largest absolute Gasteiger partial charge is 0.507 e. The fraction of sp³-hybridized carbons (Fsp3) is 0.174. The van der Waals surface area contributed by atoms with E-state index in [4.69, 9.17) is 16.3 Å². The molecule has 0 saturated carbocycles.